The molecule has 138 valence electrons. The lowest BCUT2D eigenvalue weighted by Gasteiger charge is -2.34. The summed E-state index contributed by atoms with van der Waals surface area (Å²) in [5.74, 6) is -1.54. The molecule has 1 N–H and O–H groups in total. The van der Waals surface area contributed by atoms with E-state index >= 15 is 0 Å². The van der Waals surface area contributed by atoms with E-state index in [1.165, 1.54) is 4.31 Å². The fourth-order valence-corrected chi connectivity index (χ4v) is 4.17. The molecule has 2 atom stereocenters. The van der Waals surface area contributed by atoms with Gasteiger partial charge in [-0.25, -0.2) is 12.7 Å². The number of carboxylic acid groups (broad SMARTS) is 1. The van der Waals surface area contributed by atoms with E-state index in [0.717, 1.165) is 19.1 Å². The lowest BCUT2D eigenvalue weighted by Crippen LogP contribution is -2.48. The van der Waals surface area contributed by atoms with E-state index < -0.39 is 21.9 Å². The van der Waals surface area contributed by atoms with Gasteiger partial charge in [-0.3, -0.25) is 9.59 Å². The maximum absolute atomic E-state index is 12.8. The van der Waals surface area contributed by atoms with Gasteiger partial charge in [0.1, 0.15) is 0 Å². The predicted molar refractivity (Wildman–Crippen MR) is 86.9 cm³/mol. The second-order valence-corrected chi connectivity index (χ2v) is 8.51. The molecule has 8 nitrogen and oxygen atoms in total. The SMILES string of the molecule is CS(=O)(=O)N1CCC[C@H](C(=O)N(CCC(=O)O)C[C@H]2CCCO2)C1. The van der Waals surface area contributed by atoms with Gasteiger partial charge in [0, 0.05) is 32.8 Å². The second-order valence-electron chi connectivity index (χ2n) is 6.52. The molecule has 1 amide bonds. The van der Waals surface area contributed by atoms with E-state index in [2.05, 4.69) is 0 Å². The van der Waals surface area contributed by atoms with Gasteiger partial charge >= 0.3 is 5.97 Å². The van der Waals surface area contributed by atoms with E-state index in [1.807, 2.05) is 0 Å². The van der Waals surface area contributed by atoms with Crippen LogP contribution in [0.2, 0.25) is 0 Å². The Bertz CT molecular complexity index is 558. The zero-order valence-electron chi connectivity index (χ0n) is 14.0. The van der Waals surface area contributed by atoms with E-state index in [9.17, 15) is 18.0 Å². The molecule has 0 radical (unpaired) electrons. The summed E-state index contributed by atoms with van der Waals surface area (Å²) in [7, 11) is -3.32. The highest BCUT2D eigenvalue weighted by molar-refractivity contribution is 7.88. The fraction of sp³-hybridized carbons (Fsp3) is 0.867. The van der Waals surface area contributed by atoms with E-state index in [0.29, 0.717) is 32.5 Å². The number of amides is 1. The zero-order chi connectivity index (χ0) is 17.7. The quantitative estimate of drug-likeness (QED) is 0.691. The Balaban J connectivity index is 2.02. The van der Waals surface area contributed by atoms with Crippen LogP contribution < -0.4 is 0 Å². The lowest BCUT2D eigenvalue weighted by molar-refractivity contribution is -0.141. The third-order valence-corrected chi connectivity index (χ3v) is 5.83. The first-order valence-corrected chi connectivity index (χ1v) is 10.2. The molecule has 2 saturated heterocycles. The van der Waals surface area contributed by atoms with Gasteiger partial charge in [-0.05, 0) is 25.7 Å². The number of piperidine rings is 1. The van der Waals surface area contributed by atoms with Crippen LogP contribution in [0.5, 0.6) is 0 Å². The van der Waals surface area contributed by atoms with Crippen molar-refractivity contribution >= 4 is 21.9 Å². The van der Waals surface area contributed by atoms with Crippen LogP contribution in [0, 0.1) is 5.92 Å². The molecule has 0 aromatic heterocycles. The molecule has 2 aliphatic heterocycles. The highest BCUT2D eigenvalue weighted by atomic mass is 32.2. The number of hydrogen-bond donors (Lipinski definition) is 1. The van der Waals surface area contributed by atoms with Crippen molar-refractivity contribution < 1.29 is 27.9 Å². The number of rotatable bonds is 7. The maximum atomic E-state index is 12.8. The number of sulfonamides is 1. The van der Waals surface area contributed by atoms with Crippen molar-refractivity contribution in [2.75, 3.05) is 39.0 Å². The highest BCUT2D eigenvalue weighted by Crippen LogP contribution is 2.22. The van der Waals surface area contributed by atoms with Gasteiger partial charge in [0.25, 0.3) is 0 Å². The van der Waals surface area contributed by atoms with Crippen molar-refractivity contribution in [1.82, 2.24) is 9.21 Å². The summed E-state index contributed by atoms with van der Waals surface area (Å²) in [6, 6.07) is 0. The van der Waals surface area contributed by atoms with Gasteiger partial charge in [0.15, 0.2) is 0 Å². The average molecular weight is 362 g/mol. The first-order chi connectivity index (χ1) is 11.3. The standard InChI is InChI=1S/C15H26N2O6S/c1-24(21,22)17-7-2-4-12(10-17)15(20)16(8-6-14(18)19)11-13-5-3-9-23-13/h12-13H,2-11H2,1H3,(H,18,19)/t12-,13+/m0/s1. The van der Waals surface area contributed by atoms with Crippen molar-refractivity contribution in [2.24, 2.45) is 5.92 Å². The number of carbonyl (C=O) groups excluding carboxylic acids is 1. The molecule has 9 heteroatoms. The first-order valence-electron chi connectivity index (χ1n) is 8.34. The topological polar surface area (TPSA) is 104 Å². The zero-order valence-corrected chi connectivity index (χ0v) is 14.8. The van der Waals surface area contributed by atoms with Crippen LogP contribution in [0.25, 0.3) is 0 Å². The molecule has 0 aromatic carbocycles. The third-order valence-electron chi connectivity index (χ3n) is 4.56. The Kier molecular flexibility index (Phi) is 6.59. The van der Waals surface area contributed by atoms with Gasteiger partial charge in [-0.15, -0.1) is 0 Å². The van der Waals surface area contributed by atoms with Crippen molar-refractivity contribution in [1.29, 1.82) is 0 Å². The van der Waals surface area contributed by atoms with E-state index in [-0.39, 0.29) is 31.5 Å². The van der Waals surface area contributed by atoms with Crippen LogP contribution in [0.1, 0.15) is 32.1 Å². The number of nitrogens with zero attached hydrogens (tertiary/aromatic N) is 2. The Morgan fingerprint density at radius 3 is 2.62 bits per heavy atom. The minimum Gasteiger partial charge on any atom is -0.481 e. The van der Waals surface area contributed by atoms with Crippen LogP contribution in [-0.2, 0) is 24.3 Å². The van der Waals surface area contributed by atoms with Gasteiger partial charge in [-0.2, -0.15) is 0 Å². The molecule has 0 saturated carbocycles. The second kappa shape index (κ2) is 8.26. The molecule has 2 fully saturated rings. The largest absolute Gasteiger partial charge is 0.481 e. The molecule has 0 unspecified atom stereocenters. The van der Waals surface area contributed by atoms with E-state index in [1.54, 1.807) is 4.90 Å². The van der Waals surface area contributed by atoms with Crippen LogP contribution in [0.15, 0.2) is 0 Å². The van der Waals surface area contributed by atoms with Crippen LogP contribution in [0.4, 0.5) is 0 Å². The Labute approximate surface area is 142 Å². The minimum atomic E-state index is -3.32. The smallest absolute Gasteiger partial charge is 0.305 e. The summed E-state index contributed by atoms with van der Waals surface area (Å²) >= 11 is 0. The normalized spacial score (nSPS) is 25.5. The molecule has 24 heavy (non-hydrogen) atoms. The van der Waals surface area contributed by atoms with Gasteiger partial charge < -0.3 is 14.7 Å². The predicted octanol–water partition coefficient (Wildman–Crippen LogP) is 0.140. The van der Waals surface area contributed by atoms with E-state index in [4.69, 9.17) is 9.84 Å². The summed E-state index contributed by atoms with van der Waals surface area (Å²) in [6.45, 7) is 1.78. The first kappa shape index (κ1) is 19.1. The molecule has 0 bridgehead atoms. The summed E-state index contributed by atoms with van der Waals surface area (Å²) in [5.41, 5.74) is 0. The maximum Gasteiger partial charge on any atom is 0.305 e. The number of carboxylic acids is 1. The Morgan fingerprint density at radius 2 is 2.04 bits per heavy atom. The third kappa shape index (κ3) is 5.42. The monoisotopic (exact) mass is 362 g/mol. The summed E-state index contributed by atoms with van der Waals surface area (Å²) < 4.78 is 30.3. The number of hydrogen-bond acceptors (Lipinski definition) is 5. The fourth-order valence-electron chi connectivity index (χ4n) is 3.26. The Morgan fingerprint density at radius 1 is 1.29 bits per heavy atom. The molecule has 0 aliphatic carbocycles. The van der Waals surface area contributed by atoms with Crippen molar-refractivity contribution in [2.45, 2.75) is 38.2 Å². The minimum absolute atomic E-state index is 0.0580. The molecule has 2 rings (SSSR count). The molecule has 0 aromatic rings. The van der Waals surface area contributed by atoms with Crippen molar-refractivity contribution in [3.05, 3.63) is 0 Å². The van der Waals surface area contributed by atoms with Crippen LogP contribution >= 0.6 is 0 Å². The Hall–Kier alpha value is -1.19. The summed E-state index contributed by atoms with van der Waals surface area (Å²) in [6.07, 6.45) is 4.02. The molecule has 2 heterocycles. The summed E-state index contributed by atoms with van der Waals surface area (Å²) in [4.78, 5) is 25.2. The van der Waals surface area contributed by atoms with Gasteiger partial charge in [-0.1, -0.05) is 0 Å². The lowest BCUT2D eigenvalue weighted by atomic mass is 9.97. The van der Waals surface area contributed by atoms with Gasteiger partial charge in [0.2, 0.25) is 15.9 Å². The summed E-state index contributed by atoms with van der Waals surface area (Å²) in [5, 5.41) is 8.91. The molecular formula is C15H26N2O6S. The average Bonchev–Trinajstić information content (AvgIpc) is 3.03. The number of carbonyl (C=O) groups is 2. The van der Waals surface area contributed by atoms with Crippen LogP contribution in [0.3, 0.4) is 0 Å². The number of ether oxygens (including phenoxy) is 1. The van der Waals surface area contributed by atoms with Crippen LogP contribution in [-0.4, -0.2) is 79.8 Å². The van der Waals surface area contributed by atoms with Gasteiger partial charge in [0.05, 0.1) is 24.7 Å². The van der Waals surface area contributed by atoms with Crippen molar-refractivity contribution in [3.8, 4) is 0 Å². The molecule has 0 spiro atoms. The highest BCUT2D eigenvalue weighted by Gasteiger charge is 2.34. The van der Waals surface area contributed by atoms with Crippen molar-refractivity contribution in [3.63, 3.8) is 0 Å². The number of aliphatic carboxylic acids is 1. The molecule has 2 aliphatic rings. The molecular weight excluding hydrogens is 336 g/mol.